The Hall–Kier alpha value is -7.30. The van der Waals surface area contributed by atoms with Crippen LogP contribution >= 0.6 is 11.3 Å². The summed E-state index contributed by atoms with van der Waals surface area (Å²) in [6.45, 7) is 21.7. The fraction of sp³-hybridized carbons (Fsp3) is 0.438. The van der Waals surface area contributed by atoms with Crippen LogP contribution in [0.1, 0.15) is 133 Å². The lowest BCUT2D eigenvalue weighted by molar-refractivity contribution is -0.143. The maximum atomic E-state index is 14.6. The van der Waals surface area contributed by atoms with Gasteiger partial charge in [-0.2, -0.15) is 0 Å². The van der Waals surface area contributed by atoms with Crippen molar-refractivity contribution in [2.24, 2.45) is 11.8 Å². The number of nitrogens with one attached hydrogen (secondary N) is 3. The highest BCUT2D eigenvalue weighted by Gasteiger charge is 2.45. The van der Waals surface area contributed by atoms with Gasteiger partial charge in [-0.05, 0) is 167 Å². The quantitative estimate of drug-likeness (QED) is 0.0588. The van der Waals surface area contributed by atoms with Crippen molar-refractivity contribution in [1.29, 1.82) is 0 Å². The first-order chi connectivity index (χ1) is 38.5. The van der Waals surface area contributed by atoms with Crippen molar-refractivity contribution in [1.82, 2.24) is 30.4 Å². The standard InChI is InChI=1S/C64H77N7O8S/c1-10-69(50-23-27-77-28-24-50)56-32-49(31-53(42(56)7)60(72)65-34-55-40(5)30-41(6)67-61(55)73)46-17-20-51(21-18-46)78-25-11-12-26-79-52-22-19-48-36-71(63(75)54(48)33-52)58(38(2)3)64(76)70-35-39(4)29-57(70)62(74)68-43(8)45-13-15-47(16-14-45)59-44(9)66-37-80-59/h13-22,30-33,37-39,43,50,57-58H,10-12,23-29,34-36H2,1-9H3,(H,65,72)(H,67,73)(H,68,74)/t39-,43+,57+,58?/m1/s1. The number of carbonyl (C=O) groups excluding carboxylic acids is 4. The summed E-state index contributed by atoms with van der Waals surface area (Å²) in [4.78, 5) is 83.7. The largest absolute Gasteiger partial charge is 0.494 e. The van der Waals surface area contributed by atoms with E-state index in [-0.39, 0.29) is 59.7 Å². The Kier molecular flexibility index (Phi) is 18.2. The molecule has 0 aliphatic carbocycles. The number of H-pyrrole nitrogens is 1. The molecular weight excluding hydrogens is 1030 g/mol. The number of aryl methyl sites for hydroxylation is 3. The number of unbranched alkanes of at least 4 members (excludes halogenated alkanes) is 1. The number of carbonyl (C=O) groups is 4. The number of rotatable bonds is 21. The molecule has 2 saturated heterocycles. The summed E-state index contributed by atoms with van der Waals surface area (Å²) in [5.41, 5.74) is 12.5. The van der Waals surface area contributed by atoms with Gasteiger partial charge in [0.25, 0.3) is 17.4 Å². The monoisotopic (exact) mass is 1100 g/mol. The third-order valence-electron chi connectivity index (χ3n) is 16.1. The molecule has 1 unspecified atom stereocenters. The van der Waals surface area contributed by atoms with E-state index in [4.69, 9.17) is 14.2 Å². The lowest BCUT2D eigenvalue weighted by atomic mass is 9.95. The third kappa shape index (κ3) is 12.8. The molecule has 16 heteroatoms. The van der Waals surface area contributed by atoms with Gasteiger partial charge in [0, 0.05) is 73.5 Å². The highest BCUT2D eigenvalue weighted by Crippen LogP contribution is 2.37. The van der Waals surface area contributed by atoms with Crippen LogP contribution in [0.25, 0.3) is 21.6 Å². The van der Waals surface area contributed by atoms with E-state index in [1.165, 1.54) is 0 Å². The number of pyridine rings is 1. The number of fused-ring (bicyclic) bond motifs is 1. The lowest BCUT2D eigenvalue weighted by Crippen LogP contribution is -2.55. The number of aromatic nitrogens is 2. The van der Waals surface area contributed by atoms with Gasteiger partial charge in [0.15, 0.2) is 0 Å². The van der Waals surface area contributed by atoms with Gasteiger partial charge < -0.3 is 44.5 Å². The maximum Gasteiger partial charge on any atom is 0.255 e. The molecule has 422 valence electrons. The van der Waals surface area contributed by atoms with Crippen molar-refractivity contribution in [3.05, 3.63) is 151 Å². The molecular formula is C64H77N7O8S. The molecule has 9 rings (SSSR count). The number of likely N-dealkylation sites (tertiary alicyclic amines) is 1. The van der Waals surface area contributed by atoms with Gasteiger partial charge in [0.05, 0.1) is 35.3 Å². The van der Waals surface area contributed by atoms with Crippen molar-refractivity contribution in [2.45, 2.75) is 132 Å². The third-order valence-corrected chi connectivity index (χ3v) is 17.1. The molecule has 4 aromatic carbocycles. The Morgan fingerprint density at radius 3 is 2.21 bits per heavy atom. The van der Waals surface area contributed by atoms with Gasteiger partial charge in [0.2, 0.25) is 11.8 Å². The lowest BCUT2D eigenvalue weighted by Gasteiger charge is -2.37. The molecule has 15 nitrogen and oxygen atoms in total. The molecule has 80 heavy (non-hydrogen) atoms. The van der Waals surface area contributed by atoms with Crippen molar-refractivity contribution in [3.8, 4) is 33.1 Å². The maximum absolute atomic E-state index is 14.6. The average Bonchev–Trinajstić information content (AvgIpc) is 4.20. The van der Waals surface area contributed by atoms with Crippen LogP contribution in [0.2, 0.25) is 0 Å². The van der Waals surface area contributed by atoms with Crippen LogP contribution in [0, 0.1) is 39.5 Å². The van der Waals surface area contributed by atoms with Crippen LogP contribution in [0.5, 0.6) is 11.5 Å². The molecule has 2 fully saturated rings. The average molecular weight is 1100 g/mol. The van der Waals surface area contributed by atoms with Crippen LogP contribution in [-0.2, 0) is 27.4 Å². The van der Waals surface area contributed by atoms with E-state index in [0.717, 1.165) is 98.9 Å². The number of amides is 4. The van der Waals surface area contributed by atoms with E-state index >= 15 is 0 Å². The molecule has 0 spiro atoms. The number of nitrogens with zero attached hydrogens (tertiary/aromatic N) is 4. The Balaban J connectivity index is 0.779. The second kappa shape index (κ2) is 25.4. The van der Waals surface area contributed by atoms with Crippen LogP contribution < -0.4 is 30.6 Å². The minimum atomic E-state index is -0.744. The number of benzene rings is 4. The van der Waals surface area contributed by atoms with Crippen molar-refractivity contribution >= 4 is 40.7 Å². The predicted octanol–water partition coefficient (Wildman–Crippen LogP) is 10.7. The first-order valence-corrected chi connectivity index (χ1v) is 29.2. The van der Waals surface area contributed by atoms with Gasteiger partial charge >= 0.3 is 0 Å². The molecule has 4 atom stereocenters. The molecule has 0 bridgehead atoms. The van der Waals surface area contributed by atoms with E-state index in [1.54, 1.807) is 27.2 Å². The van der Waals surface area contributed by atoms with Gasteiger partial charge in [-0.3, -0.25) is 24.0 Å². The molecule has 0 radical (unpaired) electrons. The zero-order valence-electron chi connectivity index (χ0n) is 47.8. The summed E-state index contributed by atoms with van der Waals surface area (Å²) < 4.78 is 18.1. The van der Waals surface area contributed by atoms with Crippen LogP contribution in [0.3, 0.4) is 0 Å². The summed E-state index contributed by atoms with van der Waals surface area (Å²) in [7, 11) is 0. The molecule has 5 heterocycles. The summed E-state index contributed by atoms with van der Waals surface area (Å²) >= 11 is 1.60. The number of hydrogen-bond acceptors (Lipinski definition) is 11. The molecule has 3 aliphatic rings. The van der Waals surface area contributed by atoms with Gasteiger partial charge in [-0.15, -0.1) is 11.3 Å². The number of ether oxygens (including phenoxy) is 3. The van der Waals surface area contributed by atoms with Crippen LogP contribution in [0.4, 0.5) is 5.69 Å². The fourth-order valence-electron chi connectivity index (χ4n) is 11.7. The number of thiazole rings is 1. The van der Waals surface area contributed by atoms with Crippen molar-refractivity contribution in [3.63, 3.8) is 0 Å². The molecule has 4 amide bonds. The van der Waals surface area contributed by atoms with E-state index in [1.807, 2.05) is 115 Å². The molecule has 2 aromatic heterocycles. The zero-order chi connectivity index (χ0) is 56.8. The molecule has 0 saturated carbocycles. The summed E-state index contributed by atoms with van der Waals surface area (Å²) in [6.07, 6.45) is 3.81. The Bertz CT molecular complexity index is 3260. The molecule has 3 aliphatic heterocycles. The SMILES string of the molecule is CCN(c1cc(-c2ccc(OCCCCOc3ccc4c(c3)C(=O)N(C(C(=O)N3C[C@H](C)C[C@H]3C(=O)N[C@@H](C)c3ccc(-c5scnc5C)cc3)C(C)C)C4)cc2)cc(C(=O)NCc2c(C)cc(C)[nH]c2=O)c1C)C1CCOCC1. The Labute approximate surface area is 474 Å². The summed E-state index contributed by atoms with van der Waals surface area (Å²) in [5.74, 6) is 0.382. The fourth-order valence-corrected chi connectivity index (χ4v) is 12.5. The Morgan fingerprint density at radius 1 is 0.863 bits per heavy atom. The van der Waals surface area contributed by atoms with Gasteiger partial charge in [-0.25, -0.2) is 4.98 Å². The molecule has 6 aromatic rings. The van der Waals surface area contributed by atoms with Gasteiger partial charge in [0.1, 0.15) is 23.6 Å². The Morgan fingerprint density at radius 2 is 1.55 bits per heavy atom. The number of hydrogen-bond donors (Lipinski definition) is 3. The van der Waals surface area contributed by atoms with E-state index in [9.17, 15) is 24.0 Å². The second-order valence-corrected chi connectivity index (χ2v) is 23.1. The minimum absolute atomic E-state index is 0.115. The first-order valence-electron chi connectivity index (χ1n) is 28.4. The normalized spacial score (nSPS) is 17.1. The smallest absolute Gasteiger partial charge is 0.255 e. The number of anilines is 1. The summed E-state index contributed by atoms with van der Waals surface area (Å²) in [6, 6.07) is 26.3. The van der Waals surface area contributed by atoms with E-state index in [0.29, 0.717) is 68.4 Å². The highest BCUT2D eigenvalue weighted by molar-refractivity contribution is 7.13. The topological polar surface area (TPSA) is 176 Å². The van der Waals surface area contributed by atoms with Gasteiger partial charge in [-0.1, -0.05) is 63.2 Å². The minimum Gasteiger partial charge on any atom is -0.494 e. The highest BCUT2D eigenvalue weighted by atomic mass is 32.1. The van der Waals surface area contributed by atoms with E-state index < -0.39 is 12.1 Å². The van der Waals surface area contributed by atoms with Crippen LogP contribution in [0.15, 0.2) is 95.2 Å². The predicted molar refractivity (Wildman–Crippen MR) is 314 cm³/mol. The van der Waals surface area contributed by atoms with E-state index in [2.05, 4.69) is 57.5 Å². The summed E-state index contributed by atoms with van der Waals surface area (Å²) in [5, 5.41) is 6.22. The molecule has 3 N–H and O–H groups in total. The second-order valence-electron chi connectivity index (χ2n) is 22.3. The number of aromatic amines is 1. The first kappa shape index (κ1) is 57.4. The van der Waals surface area contributed by atoms with Crippen LogP contribution in [-0.4, -0.2) is 101 Å². The van der Waals surface area contributed by atoms with Crippen molar-refractivity contribution in [2.75, 3.05) is 44.4 Å². The van der Waals surface area contributed by atoms with Crippen molar-refractivity contribution < 1.29 is 33.4 Å². The zero-order valence-corrected chi connectivity index (χ0v) is 48.6.